The van der Waals surface area contributed by atoms with Crippen LogP contribution in [0.2, 0.25) is 0 Å². The number of pyridine rings is 1. The highest BCUT2D eigenvalue weighted by molar-refractivity contribution is 6.03. The normalized spacial score (nSPS) is 14.3. The molecule has 1 amide bonds. The number of benzene rings is 1. The van der Waals surface area contributed by atoms with Gasteiger partial charge in [0, 0.05) is 35.2 Å². The monoisotopic (exact) mass is 395 g/mol. The predicted octanol–water partition coefficient (Wildman–Crippen LogP) is 2.34. The van der Waals surface area contributed by atoms with Crippen molar-refractivity contribution in [2.24, 2.45) is 11.1 Å². The summed E-state index contributed by atoms with van der Waals surface area (Å²) in [5.41, 5.74) is 13.3. The maximum absolute atomic E-state index is 12.1. The van der Waals surface area contributed by atoms with Crippen LogP contribution in [-0.2, 0) is 6.54 Å². The van der Waals surface area contributed by atoms with Gasteiger partial charge in [-0.3, -0.25) is 9.78 Å². The van der Waals surface area contributed by atoms with Crippen LogP contribution in [0, 0.1) is 5.41 Å². The average molecular weight is 395 g/mol. The number of ether oxygens (including phenoxy) is 1. The minimum atomic E-state index is -0.654. The highest BCUT2D eigenvalue weighted by Gasteiger charge is 2.26. The molecule has 1 aliphatic carbocycles. The quantitative estimate of drug-likeness (QED) is 0.563. The second-order valence-electron chi connectivity index (χ2n) is 8.35. The fraction of sp³-hybridized carbons (Fsp3) is 0.381. The van der Waals surface area contributed by atoms with Crippen LogP contribution in [0.25, 0.3) is 22.2 Å². The van der Waals surface area contributed by atoms with E-state index in [0.717, 1.165) is 29.5 Å². The molecule has 8 nitrogen and oxygen atoms in total. The second-order valence-corrected chi connectivity index (χ2v) is 8.35. The molecule has 1 saturated carbocycles. The van der Waals surface area contributed by atoms with Gasteiger partial charge in [0.05, 0.1) is 18.2 Å². The molecule has 3 aromatic rings. The Labute approximate surface area is 168 Å². The number of nitrogens with zero attached hydrogens (tertiary/aromatic N) is 3. The van der Waals surface area contributed by atoms with Crippen LogP contribution in [-0.4, -0.2) is 38.5 Å². The number of carbonyl (C=O) groups is 1. The number of rotatable bonds is 7. The maximum Gasteiger partial charge on any atom is 0.254 e. The van der Waals surface area contributed by atoms with E-state index in [0.29, 0.717) is 23.9 Å². The Kier molecular flexibility index (Phi) is 4.66. The summed E-state index contributed by atoms with van der Waals surface area (Å²) in [7, 11) is 0. The second kappa shape index (κ2) is 7.04. The van der Waals surface area contributed by atoms with Crippen molar-refractivity contribution in [1.82, 2.24) is 14.8 Å². The number of aliphatic hydroxyl groups excluding tert-OH is 1. The standard InChI is InChI=1S/C21H25N5O3/c1-21(2,11-27)10-26-19(22)17(20(23)28)18(25-26)13-7-12-3-4-15(29-14-5-6-14)8-16(12)24-9-13/h3-4,7-9,14,27H,5-6,10-11,22H2,1-2H3,(H2,23,28). The van der Waals surface area contributed by atoms with Crippen LogP contribution >= 0.6 is 0 Å². The number of aromatic nitrogens is 3. The van der Waals surface area contributed by atoms with Gasteiger partial charge < -0.3 is 21.3 Å². The molecule has 8 heteroatoms. The lowest BCUT2D eigenvalue weighted by atomic mass is 9.95. The van der Waals surface area contributed by atoms with Gasteiger partial charge in [0.2, 0.25) is 0 Å². The number of amides is 1. The van der Waals surface area contributed by atoms with Crippen LogP contribution in [0.3, 0.4) is 0 Å². The van der Waals surface area contributed by atoms with Crippen LogP contribution < -0.4 is 16.2 Å². The van der Waals surface area contributed by atoms with E-state index in [2.05, 4.69) is 10.1 Å². The van der Waals surface area contributed by atoms with Gasteiger partial charge in [-0.05, 0) is 31.0 Å². The van der Waals surface area contributed by atoms with Crippen LogP contribution in [0.5, 0.6) is 5.75 Å². The number of carbonyl (C=O) groups excluding carboxylic acids is 1. The van der Waals surface area contributed by atoms with Crippen molar-refractivity contribution in [3.05, 3.63) is 36.0 Å². The maximum atomic E-state index is 12.1. The summed E-state index contributed by atoms with van der Waals surface area (Å²) < 4.78 is 7.34. The zero-order valence-corrected chi connectivity index (χ0v) is 16.6. The summed E-state index contributed by atoms with van der Waals surface area (Å²) in [6, 6.07) is 7.66. The Balaban J connectivity index is 1.74. The fourth-order valence-electron chi connectivity index (χ4n) is 3.18. The highest BCUT2D eigenvalue weighted by Crippen LogP contribution is 2.32. The molecule has 2 heterocycles. The first kappa shape index (κ1) is 19.2. The van der Waals surface area contributed by atoms with Gasteiger partial charge in [0.15, 0.2) is 0 Å². The summed E-state index contributed by atoms with van der Waals surface area (Å²) in [4.78, 5) is 16.6. The molecule has 1 aromatic carbocycles. The Morgan fingerprint density at radius 3 is 2.76 bits per heavy atom. The summed E-state index contributed by atoms with van der Waals surface area (Å²) >= 11 is 0. The summed E-state index contributed by atoms with van der Waals surface area (Å²) in [5.74, 6) is 0.332. The molecule has 1 fully saturated rings. The third kappa shape index (κ3) is 3.88. The Hall–Kier alpha value is -3.13. The molecule has 0 spiro atoms. The zero-order chi connectivity index (χ0) is 20.8. The van der Waals surface area contributed by atoms with Crippen molar-refractivity contribution in [3.8, 4) is 17.0 Å². The molecular formula is C21H25N5O3. The largest absolute Gasteiger partial charge is 0.490 e. The van der Waals surface area contributed by atoms with Gasteiger partial charge in [-0.15, -0.1) is 0 Å². The lowest BCUT2D eigenvalue weighted by Crippen LogP contribution is -2.25. The molecule has 5 N–H and O–H groups in total. The highest BCUT2D eigenvalue weighted by atomic mass is 16.5. The van der Waals surface area contributed by atoms with Crippen LogP contribution in [0.4, 0.5) is 5.82 Å². The third-order valence-electron chi connectivity index (χ3n) is 5.00. The topological polar surface area (TPSA) is 129 Å². The number of fused-ring (bicyclic) bond motifs is 1. The van der Waals surface area contributed by atoms with E-state index in [-0.39, 0.29) is 18.0 Å². The Morgan fingerprint density at radius 2 is 2.10 bits per heavy atom. The molecule has 4 rings (SSSR count). The van der Waals surface area contributed by atoms with Gasteiger partial charge in [0.25, 0.3) is 5.91 Å². The van der Waals surface area contributed by atoms with Crippen molar-refractivity contribution in [1.29, 1.82) is 0 Å². The van der Waals surface area contributed by atoms with Gasteiger partial charge in [-0.2, -0.15) is 5.10 Å². The summed E-state index contributed by atoms with van der Waals surface area (Å²) in [5, 5.41) is 15.0. The number of anilines is 1. The Bertz CT molecular complexity index is 1090. The average Bonchev–Trinajstić information content (AvgIpc) is 3.43. The lowest BCUT2D eigenvalue weighted by Gasteiger charge is -2.21. The number of primary amides is 1. The van der Waals surface area contributed by atoms with Crippen molar-refractivity contribution in [3.63, 3.8) is 0 Å². The van der Waals surface area contributed by atoms with E-state index < -0.39 is 11.3 Å². The van der Waals surface area contributed by atoms with Crippen LogP contribution in [0.15, 0.2) is 30.5 Å². The molecule has 0 radical (unpaired) electrons. The minimum Gasteiger partial charge on any atom is -0.490 e. The first-order valence-electron chi connectivity index (χ1n) is 9.61. The minimum absolute atomic E-state index is 0.0453. The molecule has 0 saturated heterocycles. The summed E-state index contributed by atoms with van der Waals surface area (Å²) in [6.07, 6.45) is 4.16. The van der Waals surface area contributed by atoms with E-state index in [4.69, 9.17) is 16.2 Å². The zero-order valence-electron chi connectivity index (χ0n) is 16.6. The predicted molar refractivity (Wildman–Crippen MR) is 110 cm³/mol. The molecule has 29 heavy (non-hydrogen) atoms. The molecule has 1 aliphatic rings. The SMILES string of the molecule is CC(C)(CO)Cn1nc(-c2cnc3cc(OC4CC4)ccc3c2)c(C(N)=O)c1N. The molecule has 0 bridgehead atoms. The molecule has 2 aromatic heterocycles. The van der Waals surface area contributed by atoms with Crippen molar-refractivity contribution >= 4 is 22.6 Å². The number of hydrogen-bond donors (Lipinski definition) is 3. The van der Waals surface area contributed by atoms with E-state index in [1.165, 1.54) is 4.68 Å². The molecule has 0 atom stereocenters. The van der Waals surface area contributed by atoms with E-state index >= 15 is 0 Å². The molecule has 0 aliphatic heterocycles. The number of hydrogen-bond acceptors (Lipinski definition) is 6. The Morgan fingerprint density at radius 1 is 1.34 bits per heavy atom. The van der Waals surface area contributed by atoms with E-state index in [9.17, 15) is 9.90 Å². The number of aliphatic hydroxyl groups is 1. The van der Waals surface area contributed by atoms with Crippen molar-refractivity contribution in [2.45, 2.75) is 39.3 Å². The first-order chi connectivity index (χ1) is 13.8. The fourth-order valence-corrected chi connectivity index (χ4v) is 3.18. The van der Waals surface area contributed by atoms with Crippen LogP contribution in [0.1, 0.15) is 37.0 Å². The van der Waals surface area contributed by atoms with Gasteiger partial charge in [0.1, 0.15) is 22.8 Å². The van der Waals surface area contributed by atoms with E-state index in [1.54, 1.807) is 6.20 Å². The lowest BCUT2D eigenvalue weighted by molar-refractivity contribution is 0.100. The third-order valence-corrected chi connectivity index (χ3v) is 5.00. The van der Waals surface area contributed by atoms with Crippen molar-refractivity contribution < 1.29 is 14.6 Å². The van der Waals surface area contributed by atoms with Gasteiger partial charge in [-0.1, -0.05) is 13.8 Å². The first-order valence-corrected chi connectivity index (χ1v) is 9.61. The van der Waals surface area contributed by atoms with Gasteiger partial charge in [-0.25, -0.2) is 4.68 Å². The van der Waals surface area contributed by atoms with Gasteiger partial charge >= 0.3 is 0 Å². The molecule has 152 valence electrons. The number of nitrogen functional groups attached to an aromatic ring is 1. The molecule has 0 unspecified atom stereocenters. The smallest absolute Gasteiger partial charge is 0.254 e. The molecular weight excluding hydrogens is 370 g/mol. The number of nitrogens with two attached hydrogens (primary N) is 2. The van der Waals surface area contributed by atoms with Crippen molar-refractivity contribution in [2.75, 3.05) is 12.3 Å². The summed E-state index contributed by atoms with van der Waals surface area (Å²) in [6.45, 7) is 4.07. The van der Waals surface area contributed by atoms with E-state index in [1.807, 2.05) is 38.1 Å².